The summed E-state index contributed by atoms with van der Waals surface area (Å²) in [6.45, 7) is 14.1. The normalized spacial score (nSPS) is 51.7. The van der Waals surface area contributed by atoms with Gasteiger partial charge in [0.25, 0.3) is 0 Å². The van der Waals surface area contributed by atoms with Crippen molar-refractivity contribution >= 4 is 11.8 Å². The third-order valence-electron chi connectivity index (χ3n) is 18.0. The van der Waals surface area contributed by atoms with E-state index in [4.69, 9.17) is 56.8 Å². The molecule has 3 saturated carbocycles. The molecule has 68 heavy (non-hydrogen) atoms. The average Bonchev–Trinajstić information content (AvgIpc) is 3.51. The second kappa shape index (κ2) is 20.3. The van der Waals surface area contributed by atoms with Gasteiger partial charge in [-0.3, -0.25) is 9.59 Å². The Labute approximate surface area is 401 Å². The van der Waals surface area contributed by atoms with Crippen LogP contribution in [-0.2, 0) is 66.4 Å². The van der Waals surface area contributed by atoms with E-state index in [0.29, 0.717) is 38.5 Å². The summed E-state index contributed by atoms with van der Waals surface area (Å²) in [4.78, 5) is 25.5. The standard InChI is InChI=1S/C50H80O18/c1-24-43(54)35(57-9)21-41(60-24)66-44-25(2)61-39(20-34(44)53)67-45-27(4)63-42(23-37(45)59-11)68-46-26(3)62-40(22-36(46)58-10)65-31-14-15-47(7)30(18-31)12-13-32-33(47)19-38(64-29(6)52)48(8)49(55,28(5)51)16-17-50(32,48)56/h12,24-27,31-46,53-56H,13-23H2,1-11H3. The smallest absolute Gasteiger partial charge is 0.302 e. The number of aliphatic hydroxyl groups excluding tert-OH is 2. The van der Waals surface area contributed by atoms with E-state index in [2.05, 4.69) is 13.0 Å². The SMILES string of the molecule is COC1CC(OC2C(O)CC(OC3C(C)OC(OC4C(C)OC(OC5CCC6(C)C(=CCC7C6CC(OC(C)=O)C6(C)C(O)(C(C)=O)CCC76O)C5)CC4OC)CC3OC)OC2C)OC(C)C1O. The van der Waals surface area contributed by atoms with Crippen LogP contribution < -0.4 is 0 Å². The Morgan fingerprint density at radius 2 is 1.16 bits per heavy atom. The number of esters is 1. The highest BCUT2D eigenvalue weighted by molar-refractivity contribution is 5.87. The van der Waals surface area contributed by atoms with Crippen molar-refractivity contribution in [2.45, 2.75) is 248 Å². The van der Waals surface area contributed by atoms with Crippen LogP contribution in [0.15, 0.2) is 11.6 Å². The molecule has 18 nitrogen and oxygen atoms in total. The molecule has 388 valence electrons. The second-order valence-electron chi connectivity index (χ2n) is 21.7. The van der Waals surface area contributed by atoms with Crippen molar-refractivity contribution in [1.82, 2.24) is 0 Å². The predicted octanol–water partition coefficient (Wildman–Crippen LogP) is 3.77. The molecule has 0 amide bonds. The fraction of sp³-hybridized carbons (Fsp3) is 0.920. The van der Waals surface area contributed by atoms with Crippen LogP contribution in [0.3, 0.4) is 0 Å². The zero-order valence-corrected chi connectivity index (χ0v) is 41.9. The highest BCUT2D eigenvalue weighted by Crippen LogP contribution is 2.69. The van der Waals surface area contributed by atoms with E-state index in [9.17, 15) is 30.0 Å². The maximum Gasteiger partial charge on any atom is 0.302 e. The fourth-order valence-corrected chi connectivity index (χ4v) is 14.0. The number of hydrogen-bond donors (Lipinski definition) is 4. The van der Waals surface area contributed by atoms with Crippen LogP contribution >= 0.6 is 0 Å². The van der Waals surface area contributed by atoms with Crippen molar-refractivity contribution in [3.63, 3.8) is 0 Å². The minimum atomic E-state index is -1.80. The van der Waals surface area contributed by atoms with E-state index in [1.807, 2.05) is 20.8 Å². The summed E-state index contributed by atoms with van der Waals surface area (Å²) >= 11 is 0. The number of aliphatic hydroxyl groups is 4. The van der Waals surface area contributed by atoms with Crippen molar-refractivity contribution in [3.05, 3.63) is 11.6 Å². The van der Waals surface area contributed by atoms with Gasteiger partial charge in [0.2, 0.25) is 0 Å². The van der Waals surface area contributed by atoms with Crippen LogP contribution in [0.1, 0.15) is 126 Å². The predicted molar refractivity (Wildman–Crippen MR) is 239 cm³/mol. The van der Waals surface area contributed by atoms with Crippen LogP contribution in [0, 0.1) is 22.7 Å². The van der Waals surface area contributed by atoms with Gasteiger partial charge in [0, 0.05) is 53.9 Å². The van der Waals surface area contributed by atoms with E-state index in [-0.39, 0.29) is 48.7 Å². The molecule has 0 spiro atoms. The molecule has 0 bridgehead atoms. The molecule has 8 aliphatic rings. The molecule has 0 radical (unpaired) electrons. The first-order valence-electron chi connectivity index (χ1n) is 25.1. The topological polar surface area (TPSA) is 226 Å². The maximum atomic E-state index is 13.0. The van der Waals surface area contributed by atoms with Gasteiger partial charge in [0.05, 0.1) is 66.0 Å². The number of methoxy groups -OCH3 is 3. The molecule has 0 aromatic rings. The summed E-state index contributed by atoms with van der Waals surface area (Å²) in [7, 11) is 4.81. The summed E-state index contributed by atoms with van der Waals surface area (Å²) < 4.78 is 74.4. The van der Waals surface area contributed by atoms with Gasteiger partial charge in [-0.2, -0.15) is 0 Å². The molecule has 0 aromatic heterocycles. The molecule has 4 N–H and O–H groups in total. The number of Topliss-reactive ketones (excluding diaryl/α,β-unsaturated/α-hetero) is 1. The highest BCUT2D eigenvalue weighted by atomic mass is 16.8. The van der Waals surface area contributed by atoms with Crippen LogP contribution in [-0.4, -0.2) is 175 Å². The largest absolute Gasteiger partial charge is 0.462 e. The maximum absolute atomic E-state index is 13.0. The van der Waals surface area contributed by atoms with E-state index >= 15 is 0 Å². The first kappa shape index (κ1) is 52.6. The number of ketones is 1. The Hall–Kier alpha value is -1.72. The van der Waals surface area contributed by atoms with Gasteiger partial charge in [-0.1, -0.05) is 25.5 Å². The zero-order chi connectivity index (χ0) is 49.2. The Kier molecular flexibility index (Phi) is 15.7. The van der Waals surface area contributed by atoms with Gasteiger partial charge < -0.3 is 77.3 Å². The van der Waals surface area contributed by atoms with E-state index in [1.165, 1.54) is 26.5 Å². The lowest BCUT2D eigenvalue weighted by Crippen LogP contribution is -2.71. The van der Waals surface area contributed by atoms with Crippen molar-refractivity contribution in [2.24, 2.45) is 22.7 Å². The van der Waals surface area contributed by atoms with Gasteiger partial charge in [0.1, 0.15) is 36.1 Å². The first-order chi connectivity index (χ1) is 32.1. The fourth-order valence-electron chi connectivity index (χ4n) is 14.0. The number of carbonyl (C=O) groups excluding carboxylic acids is 2. The van der Waals surface area contributed by atoms with Gasteiger partial charge in [-0.15, -0.1) is 0 Å². The molecule has 7 fully saturated rings. The molecular weight excluding hydrogens is 889 g/mol. The number of ether oxygens (including phenoxy) is 12. The summed E-state index contributed by atoms with van der Waals surface area (Å²) in [5, 5.41) is 46.1. The minimum Gasteiger partial charge on any atom is -0.462 e. The second-order valence-corrected chi connectivity index (χ2v) is 21.7. The number of allylic oxidation sites excluding steroid dienone is 1. The summed E-state index contributed by atoms with van der Waals surface area (Å²) in [5.74, 6) is -1.17. The molecular formula is C50H80O18. The third kappa shape index (κ3) is 9.31. The van der Waals surface area contributed by atoms with E-state index < -0.39 is 127 Å². The Morgan fingerprint density at radius 3 is 1.71 bits per heavy atom. The lowest BCUT2D eigenvalue weighted by atomic mass is 9.44. The molecule has 18 heteroatoms. The quantitative estimate of drug-likeness (QED) is 0.152. The Morgan fingerprint density at radius 1 is 0.647 bits per heavy atom. The number of fused-ring (bicyclic) bond motifs is 5. The summed E-state index contributed by atoms with van der Waals surface area (Å²) in [5.41, 5.74) is -3.61. The highest BCUT2D eigenvalue weighted by Gasteiger charge is 2.76. The van der Waals surface area contributed by atoms with Crippen molar-refractivity contribution in [2.75, 3.05) is 21.3 Å². The Bertz CT molecular complexity index is 1810. The van der Waals surface area contributed by atoms with Gasteiger partial charge in [-0.05, 0) is 96.8 Å². The van der Waals surface area contributed by atoms with Crippen LogP contribution in [0.4, 0.5) is 0 Å². The molecule has 4 heterocycles. The molecule has 24 unspecified atom stereocenters. The molecule has 4 aliphatic carbocycles. The zero-order valence-electron chi connectivity index (χ0n) is 41.9. The lowest BCUT2D eigenvalue weighted by molar-refractivity contribution is -0.346. The third-order valence-corrected chi connectivity index (χ3v) is 18.0. The number of hydrogen-bond acceptors (Lipinski definition) is 18. The van der Waals surface area contributed by atoms with Gasteiger partial charge in [-0.25, -0.2) is 0 Å². The van der Waals surface area contributed by atoms with Crippen LogP contribution in [0.5, 0.6) is 0 Å². The summed E-state index contributed by atoms with van der Waals surface area (Å²) in [6.07, 6.45) is -3.00. The average molecular weight is 969 g/mol. The molecule has 8 rings (SSSR count). The van der Waals surface area contributed by atoms with E-state index in [0.717, 1.165) is 12.8 Å². The molecule has 4 aliphatic heterocycles. The van der Waals surface area contributed by atoms with Gasteiger partial charge in [0.15, 0.2) is 30.9 Å². The van der Waals surface area contributed by atoms with Crippen LogP contribution in [0.2, 0.25) is 0 Å². The van der Waals surface area contributed by atoms with Crippen LogP contribution in [0.25, 0.3) is 0 Å². The number of carbonyl (C=O) groups is 2. The summed E-state index contributed by atoms with van der Waals surface area (Å²) in [6, 6.07) is 0. The Balaban J connectivity index is 0.846. The lowest BCUT2D eigenvalue weighted by Gasteiger charge is -2.63. The molecule has 24 atom stereocenters. The van der Waals surface area contributed by atoms with Crippen molar-refractivity contribution < 1.29 is 86.9 Å². The van der Waals surface area contributed by atoms with Crippen molar-refractivity contribution in [1.29, 1.82) is 0 Å². The molecule has 0 aromatic carbocycles. The van der Waals surface area contributed by atoms with E-state index in [1.54, 1.807) is 28.1 Å². The monoisotopic (exact) mass is 969 g/mol. The van der Waals surface area contributed by atoms with Gasteiger partial charge >= 0.3 is 5.97 Å². The minimum absolute atomic E-state index is 0.0367. The number of rotatable bonds is 13. The van der Waals surface area contributed by atoms with Crippen molar-refractivity contribution in [3.8, 4) is 0 Å². The first-order valence-corrected chi connectivity index (χ1v) is 25.1. The molecule has 4 saturated heterocycles.